The summed E-state index contributed by atoms with van der Waals surface area (Å²) in [5, 5.41) is 12.2. The van der Waals surface area contributed by atoms with E-state index < -0.39 is 0 Å². The van der Waals surface area contributed by atoms with Crippen molar-refractivity contribution >= 4 is 23.4 Å². The third kappa shape index (κ3) is 4.93. The van der Waals surface area contributed by atoms with Crippen molar-refractivity contribution < 1.29 is 19.0 Å². The van der Waals surface area contributed by atoms with Gasteiger partial charge in [0.25, 0.3) is 0 Å². The number of nitrogens with one attached hydrogen (secondary N) is 1. The first-order chi connectivity index (χ1) is 15.0. The summed E-state index contributed by atoms with van der Waals surface area (Å²) in [6, 6.07) is 11.3. The first-order valence-corrected chi connectivity index (χ1v) is 10.7. The molecule has 9 heteroatoms. The third-order valence-electron chi connectivity index (χ3n) is 4.71. The van der Waals surface area contributed by atoms with E-state index in [-0.39, 0.29) is 11.7 Å². The molecule has 31 heavy (non-hydrogen) atoms. The van der Waals surface area contributed by atoms with Crippen LogP contribution in [-0.4, -0.2) is 47.8 Å². The molecule has 0 aliphatic rings. The smallest absolute Gasteiger partial charge is 0.234 e. The summed E-state index contributed by atoms with van der Waals surface area (Å²) in [7, 11) is 4.70. The predicted octanol–water partition coefficient (Wildman–Crippen LogP) is 4.03. The van der Waals surface area contributed by atoms with E-state index in [2.05, 4.69) is 15.5 Å². The molecule has 1 aromatic heterocycles. The molecule has 0 aliphatic carbocycles. The zero-order valence-corrected chi connectivity index (χ0v) is 19.1. The topological polar surface area (TPSA) is 87.5 Å². The monoisotopic (exact) mass is 442 g/mol. The van der Waals surface area contributed by atoms with Gasteiger partial charge < -0.3 is 24.1 Å². The van der Waals surface area contributed by atoms with Crippen molar-refractivity contribution in [1.29, 1.82) is 0 Å². The summed E-state index contributed by atoms with van der Waals surface area (Å²) in [6.07, 6.45) is 0. The lowest BCUT2D eigenvalue weighted by Gasteiger charge is -2.14. The third-order valence-corrected chi connectivity index (χ3v) is 5.67. The number of rotatable bonds is 9. The molecule has 0 unspecified atom stereocenters. The molecule has 0 saturated heterocycles. The van der Waals surface area contributed by atoms with E-state index in [1.807, 2.05) is 54.8 Å². The summed E-state index contributed by atoms with van der Waals surface area (Å²) < 4.78 is 18.2. The van der Waals surface area contributed by atoms with Crippen LogP contribution in [0.5, 0.6) is 17.2 Å². The Labute approximate surface area is 185 Å². The van der Waals surface area contributed by atoms with Crippen molar-refractivity contribution in [1.82, 2.24) is 14.8 Å². The second-order valence-corrected chi connectivity index (χ2v) is 7.56. The molecule has 0 aliphatic heterocycles. The summed E-state index contributed by atoms with van der Waals surface area (Å²) in [4.78, 5) is 12.4. The number of methoxy groups -OCH3 is 3. The first-order valence-electron chi connectivity index (χ1n) is 9.74. The number of aryl methyl sites for hydroxylation is 1. The Balaban J connectivity index is 1.81. The van der Waals surface area contributed by atoms with Gasteiger partial charge in [0.1, 0.15) is 0 Å². The average Bonchev–Trinajstić information content (AvgIpc) is 3.21. The summed E-state index contributed by atoms with van der Waals surface area (Å²) in [6.45, 7) is 4.60. The van der Waals surface area contributed by atoms with Crippen LogP contribution in [-0.2, 0) is 11.3 Å². The van der Waals surface area contributed by atoms with Crippen molar-refractivity contribution in [2.45, 2.75) is 25.5 Å². The van der Waals surface area contributed by atoms with E-state index in [4.69, 9.17) is 14.2 Å². The molecule has 0 saturated carbocycles. The van der Waals surface area contributed by atoms with Crippen molar-refractivity contribution in [2.75, 3.05) is 32.4 Å². The maximum absolute atomic E-state index is 12.4. The Morgan fingerprint density at radius 3 is 2.32 bits per heavy atom. The number of amides is 1. The second-order valence-electron chi connectivity index (χ2n) is 6.62. The fraction of sp³-hybridized carbons (Fsp3) is 0.318. The maximum Gasteiger partial charge on any atom is 0.234 e. The van der Waals surface area contributed by atoms with Gasteiger partial charge in [-0.15, -0.1) is 10.2 Å². The summed E-state index contributed by atoms with van der Waals surface area (Å²) in [5.74, 6) is 2.37. The minimum absolute atomic E-state index is 0.0979. The SMILES string of the molecule is CCn1c(SCC(=O)Nc2ccccc2C)nnc1-c1cc(OC)c(OC)c(OC)c1. The fourth-order valence-electron chi connectivity index (χ4n) is 3.13. The van der Waals surface area contributed by atoms with Gasteiger partial charge in [-0.3, -0.25) is 4.79 Å². The van der Waals surface area contributed by atoms with Crippen LogP contribution in [0.1, 0.15) is 12.5 Å². The highest BCUT2D eigenvalue weighted by Gasteiger charge is 2.19. The standard InChI is InChI=1S/C22H26N4O4S/c1-6-26-21(15-11-17(28-3)20(30-5)18(12-15)29-4)24-25-22(26)31-13-19(27)23-16-10-8-7-9-14(16)2/h7-12H,6,13H2,1-5H3,(H,23,27). The normalized spacial score (nSPS) is 10.6. The van der Waals surface area contributed by atoms with Gasteiger partial charge >= 0.3 is 0 Å². The predicted molar refractivity (Wildman–Crippen MR) is 121 cm³/mol. The van der Waals surface area contributed by atoms with E-state index in [1.165, 1.54) is 11.8 Å². The molecule has 0 spiro atoms. The van der Waals surface area contributed by atoms with Crippen molar-refractivity contribution in [3.63, 3.8) is 0 Å². The number of anilines is 1. The molecule has 8 nitrogen and oxygen atoms in total. The molecule has 3 rings (SSSR count). The van der Waals surface area contributed by atoms with Crippen LogP contribution in [0.3, 0.4) is 0 Å². The zero-order valence-electron chi connectivity index (χ0n) is 18.3. The lowest BCUT2D eigenvalue weighted by Crippen LogP contribution is -2.15. The van der Waals surface area contributed by atoms with Gasteiger partial charge in [0.15, 0.2) is 22.5 Å². The van der Waals surface area contributed by atoms with Crippen LogP contribution in [0.4, 0.5) is 5.69 Å². The molecule has 2 aromatic carbocycles. The van der Waals surface area contributed by atoms with Crippen molar-refractivity contribution in [2.24, 2.45) is 0 Å². The van der Waals surface area contributed by atoms with Gasteiger partial charge in [0, 0.05) is 17.8 Å². The van der Waals surface area contributed by atoms with Gasteiger partial charge in [0.2, 0.25) is 11.7 Å². The van der Waals surface area contributed by atoms with Gasteiger partial charge in [-0.25, -0.2) is 0 Å². The molecular weight excluding hydrogens is 416 g/mol. The Hall–Kier alpha value is -3.20. The molecule has 0 radical (unpaired) electrons. The number of aromatic nitrogens is 3. The first kappa shape index (κ1) is 22.5. The van der Waals surface area contributed by atoms with Crippen LogP contribution in [0.15, 0.2) is 41.6 Å². The molecule has 164 valence electrons. The number of carbonyl (C=O) groups excluding carboxylic acids is 1. The second kappa shape index (κ2) is 10.2. The highest BCUT2D eigenvalue weighted by molar-refractivity contribution is 7.99. The lowest BCUT2D eigenvalue weighted by molar-refractivity contribution is -0.113. The van der Waals surface area contributed by atoms with E-state index in [0.29, 0.717) is 34.8 Å². The number of ether oxygens (including phenoxy) is 3. The number of hydrogen-bond acceptors (Lipinski definition) is 7. The summed E-state index contributed by atoms with van der Waals surface area (Å²) >= 11 is 1.34. The molecule has 0 bridgehead atoms. The Kier molecular flexibility index (Phi) is 7.41. The van der Waals surface area contributed by atoms with Crippen molar-refractivity contribution in [3.8, 4) is 28.6 Å². The highest BCUT2D eigenvalue weighted by atomic mass is 32.2. The number of thioether (sulfide) groups is 1. The molecular formula is C22H26N4O4S. The molecule has 0 fully saturated rings. The van der Waals surface area contributed by atoms with Crippen molar-refractivity contribution in [3.05, 3.63) is 42.0 Å². The van der Waals surface area contributed by atoms with Gasteiger partial charge in [-0.2, -0.15) is 0 Å². The van der Waals surface area contributed by atoms with Gasteiger partial charge in [-0.1, -0.05) is 30.0 Å². The minimum atomic E-state index is -0.0979. The zero-order chi connectivity index (χ0) is 22.4. The Morgan fingerprint density at radius 1 is 1.06 bits per heavy atom. The lowest BCUT2D eigenvalue weighted by atomic mass is 10.1. The van der Waals surface area contributed by atoms with E-state index in [1.54, 1.807) is 21.3 Å². The molecule has 0 atom stereocenters. The van der Waals surface area contributed by atoms with Crippen LogP contribution in [0.25, 0.3) is 11.4 Å². The number of nitrogens with zero attached hydrogens (tertiary/aromatic N) is 3. The van der Waals surface area contributed by atoms with Crippen LogP contribution in [0.2, 0.25) is 0 Å². The van der Waals surface area contributed by atoms with Gasteiger partial charge in [-0.05, 0) is 37.6 Å². The molecule has 3 aromatic rings. The number of benzene rings is 2. The largest absolute Gasteiger partial charge is 0.493 e. The molecule has 1 N–H and O–H groups in total. The Morgan fingerprint density at radius 2 is 1.74 bits per heavy atom. The summed E-state index contributed by atoms with van der Waals surface area (Å²) in [5.41, 5.74) is 2.60. The molecule has 1 amide bonds. The average molecular weight is 443 g/mol. The van der Waals surface area contributed by atoms with E-state index in [9.17, 15) is 4.79 Å². The Bertz CT molecular complexity index is 1040. The van der Waals surface area contributed by atoms with E-state index >= 15 is 0 Å². The van der Waals surface area contributed by atoms with Crippen LogP contribution < -0.4 is 19.5 Å². The van der Waals surface area contributed by atoms with Gasteiger partial charge in [0.05, 0.1) is 27.1 Å². The fourth-order valence-corrected chi connectivity index (χ4v) is 3.94. The molecule has 1 heterocycles. The minimum Gasteiger partial charge on any atom is -0.493 e. The highest BCUT2D eigenvalue weighted by Crippen LogP contribution is 2.41. The van der Waals surface area contributed by atoms with Crippen LogP contribution >= 0.6 is 11.8 Å². The number of carbonyl (C=O) groups is 1. The van der Waals surface area contributed by atoms with E-state index in [0.717, 1.165) is 16.8 Å². The number of hydrogen-bond donors (Lipinski definition) is 1. The maximum atomic E-state index is 12.4. The van der Waals surface area contributed by atoms with Crippen LogP contribution in [0, 0.1) is 6.92 Å². The quantitative estimate of drug-likeness (QED) is 0.501. The number of para-hydroxylation sites is 1.